The molecule has 0 N–H and O–H groups in total. The topological polar surface area (TPSA) is 89.8 Å². The zero-order chi connectivity index (χ0) is 17.6. The van der Waals surface area contributed by atoms with Gasteiger partial charge >= 0.3 is 5.97 Å². The van der Waals surface area contributed by atoms with E-state index in [9.17, 15) is 19.7 Å². The van der Waals surface area contributed by atoms with Gasteiger partial charge in [-0.3, -0.25) is 14.9 Å². The van der Waals surface area contributed by atoms with E-state index in [0.29, 0.717) is 5.56 Å². The van der Waals surface area contributed by atoms with E-state index >= 15 is 0 Å². The third kappa shape index (κ3) is 2.79. The highest BCUT2D eigenvalue weighted by Crippen LogP contribution is 2.52. The monoisotopic (exact) mass is 414 g/mol. The molecule has 24 heavy (non-hydrogen) atoms. The van der Waals surface area contributed by atoms with Gasteiger partial charge in [0.15, 0.2) is 0 Å². The van der Waals surface area contributed by atoms with E-state index < -0.39 is 21.7 Å². The predicted molar refractivity (Wildman–Crippen MR) is 91.7 cm³/mol. The van der Waals surface area contributed by atoms with Crippen LogP contribution in [-0.2, 0) is 20.9 Å². The molecule has 0 saturated carbocycles. The first kappa shape index (κ1) is 17.2. The number of hydrogen-bond donors (Lipinski definition) is 0. The van der Waals surface area contributed by atoms with Gasteiger partial charge in [0.1, 0.15) is 22.8 Å². The molecule has 128 valence electrons. The first-order valence-corrected chi connectivity index (χ1v) is 9.06. The van der Waals surface area contributed by atoms with Gasteiger partial charge < -0.3 is 9.64 Å². The van der Waals surface area contributed by atoms with Gasteiger partial charge in [-0.2, -0.15) is 0 Å². The number of esters is 1. The minimum absolute atomic E-state index is 0.0124. The van der Waals surface area contributed by atoms with Gasteiger partial charge in [0.2, 0.25) is 5.91 Å². The number of carbonyl (C=O) groups is 2. The normalized spacial score (nSPS) is 27.4. The van der Waals surface area contributed by atoms with Crippen LogP contribution in [0.25, 0.3) is 0 Å². The molecule has 0 aliphatic carbocycles. The number of non-ortho nitro benzene ring substituents is 1. The fourth-order valence-corrected chi connectivity index (χ4v) is 5.25. The summed E-state index contributed by atoms with van der Waals surface area (Å²) in [5.74, 6) is -0.559. The number of benzene rings is 1. The van der Waals surface area contributed by atoms with Crippen LogP contribution in [0.1, 0.15) is 19.4 Å². The van der Waals surface area contributed by atoms with Gasteiger partial charge in [0.05, 0.1) is 4.92 Å². The summed E-state index contributed by atoms with van der Waals surface area (Å²) in [5, 5.41) is 10.6. The summed E-state index contributed by atoms with van der Waals surface area (Å²) in [5.41, 5.74) is 0.637. The molecular formula is C15H15BrN2O5S. The Labute approximate surface area is 151 Å². The SMILES string of the molecule is CC1(C)S[C@@H]2C(Br)C(=O)N2[C@H]1C(=O)OCc1ccc([N+](=O)[O-])cc1. The van der Waals surface area contributed by atoms with Crippen molar-refractivity contribution in [2.24, 2.45) is 0 Å². The van der Waals surface area contributed by atoms with Crippen molar-refractivity contribution in [3.05, 3.63) is 39.9 Å². The number of ether oxygens (including phenoxy) is 1. The Kier molecular flexibility index (Phi) is 4.33. The summed E-state index contributed by atoms with van der Waals surface area (Å²) in [7, 11) is 0. The number of thioether (sulfide) groups is 1. The first-order valence-electron chi connectivity index (χ1n) is 7.26. The summed E-state index contributed by atoms with van der Waals surface area (Å²) >= 11 is 4.91. The Morgan fingerprint density at radius 1 is 1.42 bits per heavy atom. The van der Waals surface area contributed by atoms with E-state index in [1.807, 2.05) is 13.8 Å². The smallest absolute Gasteiger partial charge is 0.330 e. The second-order valence-corrected chi connectivity index (χ2v) is 8.95. The maximum atomic E-state index is 12.5. The molecule has 2 aliphatic rings. The van der Waals surface area contributed by atoms with Crippen molar-refractivity contribution in [2.75, 3.05) is 0 Å². The van der Waals surface area contributed by atoms with Crippen LogP contribution in [0.4, 0.5) is 5.69 Å². The average molecular weight is 415 g/mol. The molecule has 2 aliphatic heterocycles. The molecule has 3 atom stereocenters. The number of fused-ring (bicyclic) bond motifs is 1. The maximum absolute atomic E-state index is 12.5. The summed E-state index contributed by atoms with van der Waals surface area (Å²) in [6.07, 6.45) is 0. The number of β-lactam (4-membered cyclic amide) rings is 1. The van der Waals surface area contributed by atoms with Crippen molar-refractivity contribution >= 4 is 45.3 Å². The van der Waals surface area contributed by atoms with Gasteiger partial charge in [0, 0.05) is 16.9 Å². The minimum atomic E-state index is -0.633. The van der Waals surface area contributed by atoms with Crippen LogP contribution in [-0.4, -0.2) is 42.7 Å². The second kappa shape index (κ2) is 6.03. The standard InChI is InChI=1S/C15H15BrN2O5S/c1-15(2)11(17-12(19)10(16)13(17)24-15)14(20)23-7-8-3-5-9(6-4-8)18(21)22/h3-6,10-11,13H,7H2,1-2H3/t10?,11-,13+/m0/s1. The van der Waals surface area contributed by atoms with Gasteiger partial charge in [-0.05, 0) is 31.5 Å². The Balaban J connectivity index is 1.66. The zero-order valence-electron chi connectivity index (χ0n) is 13.0. The van der Waals surface area contributed by atoms with E-state index in [4.69, 9.17) is 4.74 Å². The predicted octanol–water partition coefficient (Wildman–Crippen LogP) is 2.46. The highest BCUT2D eigenvalue weighted by molar-refractivity contribution is 9.10. The van der Waals surface area contributed by atoms with Crippen LogP contribution in [0.5, 0.6) is 0 Å². The molecule has 0 aromatic heterocycles. The molecule has 2 saturated heterocycles. The number of nitrogens with zero attached hydrogens (tertiary/aromatic N) is 2. The first-order chi connectivity index (χ1) is 11.2. The summed E-state index contributed by atoms with van der Waals surface area (Å²) in [6.45, 7) is 3.85. The molecule has 7 nitrogen and oxygen atoms in total. The second-order valence-electron chi connectivity index (χ2n) is 6.19. The van der Waals surface area contributed by atoms with Crippen molar-refractivity contribution in [3.8, 4) is 0 Å². The van der Waals surface area contributed by atoms with Crippen molar-refractivity contribution in [2.45, 2.75) is 41.4 Å². The van der Waals surface area contributed by atoms with Crippen molar-refractivity contribution < 1.29 is 19.2 Å². The van der Waals surface area contributed by atoms with Crippen LogP contribution in [0.15, 0.2) is 24.3 Å². The maximum Gasteiger partial charge on any atom is 0.330 e. The van der Waals surface area contributed by atoms with E-state index in [0.717, 1.165) is 0 Å². The third-order valence-electron chi connectivity index (χ3n) is 4.13. The minimum Gasteiger partial charge on any atom is -0.459 e. The largest absolute Gasteiger partial charge is 0.459 e. The number of nitro groups is 1. The summed E-state index contributed by atoms with van der Waals surface area (Å²) in [6, 6.07) is 5.19. The molecule has 1 unspecified atom stereocenters. The molecule has 1 aromatic rings. The number of rotatable bonds is 4. The van der Waals surface area contributed by atoms with Crippen LogP contribution in [0.2, 0.25) is 0 Å². The molecule has 3 rings (SSSR count). The number of amides is 1. The van der Waals surface area contributed by atoms with Crippen LogP contribution < -0.4 is 0 Å². The number of nitro benzene ring substituents is 1. The molecular weight excluding hydrogens is 400 g/mol. The fourth-order valence-electron chi connectivity index (χ4n) is 2.89. The Morgan fingerprint density at radius 2 is 2.04 bits per heavy atom. The van der Waals surface area contributed by atoms with Gasteiger partial charge in [-0.25, -0.2) is 4.79 Å². The van der Waals surface area contributed by atoms with E-state index in [2.05, 4.69) is 15.9 Å². The highest BCUT2D eigenvalue weighted by atomic mass is 79.9. The van der Waals surface area contributed by atoms with Crippen LogP contribution in [0, 0.1) is 10.1 Å². The molecule has 9 heteroatoms. The molecule has 0 spiro atoms. The highest BCUT2D eigenvalue weighted by Gasteiger charge is 2.63. The van der Waals surface area contributed by atoms with E-state index in [1.54, 1.807) is 28.8 Å². The molecule has 0 bridgehead atoms. The van der Waals surface area contributed by atoms with Crippen molar-refractivity contribution in [1.29, 1.82) is 0 Å². The van der Waals surface area contributed by atoms with Gasteiger partial charge in [-0.1, -0.05) is 15.9 Å². The lowest BCUT2D eigenvalue weighted by Gasteiger charge is -2.41. The lowest BCUT2D eigenvalue weighted by molar-refractivity contribution is -0.384. The Morgan fingerprint density at radius 3 is 2.62 bits per heavy atom. The van der Waals surface area contributed by atoms with Crippen molar-refractivity contribution in [1.82, 2.24) is 4.90 Å². The Bertz CT molecular complexity index is 708. The van der Waals surface area contributed by atoms with E-state index in [-0.39, 0.29) is 28.4 Å². The fraction of sp³-hybridized carbons (Fsp3) is 0.467. The third-order valence-corrected chi connectivity index (χ3v) is 6.94. The lowest BCUT2D eigenvalue weighted by atomic mass is 9.98. The number of alkyl halides is 1. The van der Waals surface area contributed by atoms with Crippen LogP contribution in [0.3, 0.4) is 0 Å². The molecule has 1 amide bonds. The molecule has 2 heterocycles. The summed E-state index contributed by atoms with van der Waals surface area (Å²) < 4.78 is 4.92. The number of hydrogen-bond acceptors (Lipinski definition) is 6. The van der Waals surface area contributed by atoms with Gasteiger partial charge in [-0.15, -0.1) is 11.8 Å². The quantitative estimate of drug-likeness (QED) is 0.247. The molecule has 0 radical (unpaired) electrons. The lowest BCUT2D eigenvalue weighted by Crippen LogP contribution is -2.63. The van der Waals surface area contributed by atoms with Crippen LogP contribution >= 0.6 is 27.7 Å². The summed E-state index contributed by atoms with van der Waals surface area (Å²) in [4.78, 5) is 36.0. The Hall–Kier alpha value is -1.61. The van der Waals surface area contributed by atoms with E-state index in [1.165, 1.54) is 12.1 Å². The average Bonchev–Trinajstić information content (AvgIpc) is 2.81. The van der Waals surface area contributed by atoms with Crippen molar-refractivity contribution in [3.63, 3.8) is 0 Å². The zero-order valence-corrected chi connectivity index (χ0v) is 15.4. The number of carbonyl (C=O) groups excluding carboxylic acids is 2. The molecule has 2 fully saturated rings. The molecule has 1 aromatic carbocycles. The number of halogens is 1. The van der Waals surface area contributed by atoms with Gasteiger partial charge in [0.25, 0.3) is 5.69 Å².